The van der Waals surface area contributed by atoms with Gasteiger partial charge in [-0.3, -0.25) is 10.1 Å². The number of esters is 1. The van der Waals surface area contributed by atoms with Gasteiger partial charge in [-0.05, 0) is 34.9 Å². The molecule has 8 heteroatoms. The van der Waals surface area contributed by atoms with E-state index in [1.807, 2.05) is 72.8 Å². The standard InChI is InChI=1S/C29H25NO6S/c1-34-29(31)24-14-12-23(13-15-24)20-37-25-16-26(30(32)33)28(36-19-22-10-6-3-7-11-22)27(17-25)35-18-21-8-4-2-5-9-21/h2-17H,18-20H2,1H3. The normalized spacial score (nSPS) is 10.5. The zero-order valence-electron chi connectivity index (χ0n) is 20.2. The van der Waals surface area contributed by atoms with Crippen LogP contribution in [0.2, 0.25) is 0 Å². The van der Waals surface area contributed by atoms with Crippen LogP contribution >= 0.6 is 11.8 Å². The number of carbonyl (C=O) groups is 1. The second-order valence-electron chi connectivity index (χ2n) is 8.05. The van der Waals surface area contributed by atoms with Gasteiger partial charge < -0.3 is 14.2 Å². The number of methoxy groups -OCH3 is 1. The van der Waals surface area contributed by atoms with Crippen LogP contribution in [0.3, 0.4) is 0 Å². The number of nitro benzene ring substituents is 1. The van der Waals surface area contributed by atoms with Crippen molar-refractivity contribution in [1.29, 1.82) is 0 Å². The molecule has 4 aromatic carbocycles. The molecule has 188 valence electrons. The smallest absolute Gasteiger partial charge is 0.337 e. The number of hydrogen-bond donors (Lipinski definition) is 0. The van der Waals surface area contributed by atoms with Gasteiger partial charge in [0.2, 0.25) is 5.75 Å². The lowest BCUT2D eigenvalue weighted by atomic mass is 10.1. The van der Waals surface area contributed by atoms with Crippen LogP contribution in [-0.4, -0.2) is 18.0 Å². The van der Waals surface area contributed by atoms with Crippen molar-refractivity contribution in [2.75, 3.05) is 7.11 Å². The van der Waals surface area contributed by atoms with Crippen LogP contribution in [0.25, 0.3) is 0 Å². The summed E-state index contributed by atoms with van der Waals surface area (Å²) in [5, 5.41) is 12.0. The number of benzene rings is 4. The summed E-state index contributed by atoms with van der Waals surface area (Å²) in [6.07, 6.45) is 0. The molecule has 0 atom stereocenters. The molecule has 0 fully saturated rings. The summed E-state index contributed by atoms with van der Waals surface area (Å²) in [5.74, 6) is 0.538. The van der Waals surface area contributed by atoms with Gasteiger partial charge in [0.1, 0.15) is 13.2 Å². The van der Waals surface area contributed by atoms with Crippen LogP contribution in [-0.2, 0) is 23.7 Å². The first-order chi connectivity index (χ1) is 18.0. The number of nitro groups is 1. The van der Waals surface area contributed by atoms with Crippen molar-refractivity contribution in [1.82, 2.24) is 0 Å². The molecular formula is C29H25NO6S. The number of rotatable bonds is 11. The Bertz CT molecular complexity index is 1340. The van der Waals surface area contributed by atoms with Gasteiger partial charge in [0.15, 0.2) is 5.75 Å². The predicted molar refractivity (Wildman–Crippen MR) is 142 cm³/mol. The molecule has 0 heterocycles. The maximum atomic E-state index is 12.0. The molecule has 0 aliphatic rings. The molecule has 0 saturated heterocycles. The molecule has 4 rings (SSSR count). The fourth-order valence-corrected chi connectivity index (χ4v) is 4.43. The Balaban J connectivity index is 1.59. The van der Waals surface area contributed by atoms with E-state index in [9.17, 15) is 14.9 Å². The van der Waals surface area contributed by atoms with E-state index < -0.39 is 10.9 Å². The Labute approximate surface area is 219 Å². The van der Waals surface area contributed by atoms with Crippen molar-refractivity contribution in [3.05, 3.63) is 129 Å². The van der Waals surface area contributed by atoms with Crippen LogP contribution in [0.5, 0.6) is 11.5 Å². The molecule has 0 spiro atoms. The van der Waals surface area contributed by atoms with Crippen molar-refractivity contribution in [3.63, 3.8) is 0 Å². The van der Waals surface area contributed by atoms with E-state index in [2.05, 4.69) is 0 Å². The third-order valence-corrected chi connectivity index (χ3v) is 6.50. The zero-order valence-corrected chi connectivity index (χ0v) is 21.0. The number of ether oxygens (including phenoxy) is 3. The van der Waals surface area contributed by atoms with Crippen LogP contribution in [0.4, 0.5) is 5.69 Å². The molecule has 4 aromatic rings. The van der Waals surface area contributed by atoms with Gasteiger partial charge in [0, 0.05) is 16.7 Å². The first-order valence-electron chi connectivity index (χ1n) is 11.5. The van der Waals surface area contributed by atoms with Gasteiger partial charge in [0.25, 0.3) is 0 Å². The van der Waals surface area contributed by atoms with Crippen molar-refractivity contribution in [2.45, 2.75) is 23.9 Å². The Morgan fingerprint density at radius 3 is 1.97 bits per heavy atom. The molecule has 0 aliphatic carbocycles. The van der Waals surface area contributed by atoms with Gasteiger partial charge >= 0.3 is 11.7 Å². The van der Waals surface area contributed by atoms with Crippen molar-refractivity contribution in [2.24, 2.45) is 0 Å². The maximum Gasteiger partial charge on any atom is 0.337 e. The van der Waals surface area contributed by atoms with Gasteiger partial charge in [-0.25, -0.2) is 4.79 Å². The van der Waals surface area contributed by atoms with Gasteiger partial charge in [0.05, 0.1) is 17.6 Å². The third-order valence-electron chi connectivity index (χ3n) is 5.45. The topological polar surface area (TPSA) is 87.9 Å². The first-order valence-corrected chi connectivity index (χ1v) is 12.5. The van der Waals surface area contributed by atoms with Crippen LogP contribution in [0.15, 0.2) is 102 Å². The monoisotopic (exact) mass is 515 g/mol. The molecule has 37 heavy (non-hydrogen) atoms. The zero-order chi connectivity index (χ0) is 26.0. The molecular weight excluding hydrogens is 490 g/mol. The Morgan fingerprint density at radius 1 is 0.811 bits per heavy atom. The highest BCUT2D eigenvalue weighted by molar-refractivity contribution is 7.98. The van der Waals surface area contributed by atoms with Crippen molar-refractivity contribution in [3.8, 4) is 11.5 Å². The van der Waals surface area contributed by atoms with E-state index in [-0.39, 0.29) is 24.7 Å². The first kappa shape index (κ1) is 25.8. The minimum absolute atomic E-state index is 0.0940. The van der Waals surface area contributed by atoms with Crippen molar-refractivity contribution >= 4 is 23.4 Å². The lowest BCUT2D eigenvalue weighted by Gasteiger charge is -2.15. The molecule has 7 nitrogen and oxygen atoms in total. The quantitative estimate of drug-likeness (QED) is 0.0936. The highest BCUT2D eigenvalue weighted by Gasteiger charge is 2.23. The average molecular weight is 516 g/mol. The van der Waals surface area contributed by atoms with Crippen molar-refractivity contribution < 1.29 is 23.9 Å². The summed E-state index contributed by atoms with van der Waals surface area (Å²) < 4.78 is 16.7. The minimum Gasteiger partial charge on any atom is -0.485 e. The lowest BCUT2D eigenvalue weighted by molar-refractivity contribution is -0.386. The molecule has 0 N–H and O–H groups in total. The molecule has 0 aliphatic heterocycles. The number of nitrogens with zero attached hydrogens (tertiary/aromatic N) is 1. The summed E-state index contributed by atoms with van der Waals surface area (Å²) in [5.41, 5.74) is 3.08. The molecule has 0 bridgehead atoms. The van der Waals surface area contributed by atoms with E-state index in [1.165, 1.54) is 24.9 Å². The second kappa shape index (κ2) is 12.6. The van der Waals surface area contributed by atoms with E-state index in [0.29, 0.717) is 22.0 Å². The van der Waals surface area contributed by atoms with E-state index >= 15 is 0 Å². The fraction of sp³-hybridized carbons (Fsp3) is 0.138. The Morgan fingerprint density at radius 2 is 1.41 bits per heavy atom. The van der Waals surface area contributed by atoms with E-state index in [4.69, 9.17) is 14.2 Å². The minimum atomic E-state index is -0.453. The fourth-order valence-electron chi connectivity index (χ4n) is 3.52. The highest BCUT2D eigenvalue weighted by atomic mass is 32.2. The summed E-state index contributed by atoms with van der Waals surface area (Å²) in [6.45, 7) is 0.408. The second-order valence-corrected chi connectivity index (χ2v) is 9.10. The number of hydrogen-bond acceptors (Lipinski definition) is 7. The summed E-state index contributed by atoms with van der Waals surface area (Å²) >= 11 is 1.43. The summed E-state index contributed by atoms with van der Waals surface area (Å²) in [7, 11) is 1.34. The molecule has 0 unspecified atom stereocenters. The van der Waals surface area contributed by atoms with E-state index in [1.54, 1.807) is 18.2 Å². The van der Waals surface area contributed by atoms with Crippen LogP contribution in [0, 0.1) is 10.1 Å². The van der Waals surface area contributed by atoms with Gasteiger partial charge in [-0.2, -0.15) is 0 Å². The van der Waals surface area contributed by atoms with E-state index in [0.717, 1.165) is 16.7 Å². The molecule has 0 radical (unpaired) electrons. The Hall–Kier alpha value is -4.30. The molecule has 0 amide bonds. The van der Waals surface area contributed by atoms with Gasteiger partial charge in [-0.15, -0.1) is 11.8 Å². The lowest BCUT2D eigenvalue weighted by Crippen LogP contribution is -2.04. The van der Waals surface area contributed by atoms with Crippen LogP contribution < -0.4 is 9.47 Å². The Kier molecular flexibility index (Phi) is 8.78. The SMILES string of the molecule is COC(=O)c1ccc(CSc2cc(OCc3ccccc3)c(OCc3ccccc3)c([N+](=O)[O-])c2)cc1. The van der Waals surface area contributed by atoms with Crippen LogP contribution in [0.1, 0.15) is 27.0 Å². The third kappa shape index (κ3) is 7.11. The molecule has 0 saturated carbocycles. The predicted octanol–water partition coefficient (Wildman–Crippen LogP) is 6.83. The number of carbonyl (C=O) groups excluding carboxylic acids is 1. The van der Waals surface area contributed by atoms with Gasteiger partial charge in [-0.1, -0.05) is 72.8 Å². The number of thioether (sulfide) groups is 1. The summed E-state index contributed by atoms with van der Waals surface area (Å²) in [6, 6.07) is 29.4. The maximum absolute atomic E-state index is 12.0. The molecule has 0 aromatic heterocycles. The largest absolute Gasteiger partial charge is 0.485 e. The average Bonchev–Trinajstić information content (AvgIpc) is 2.94. The summed E-state index contributed by atoms with van der Waals surface area (Å²) in [4.78, 5) is 23.9. The highest BCUT2D eigenvalue weighted by Crippen LogP contribution is 2.42.